The van der Waals surface area contributed by atoms with Crippen LogP contribution in [-0.4, -0.2) is 35.0 Å². The maximum Gasteiger partial charge on any atom is 0.420 e. The number of nitrogens with zero attached hydrogens (tertiary/aromatic N) is 3. The van der Waals surface area contributed by atoms with Gasteiger partial charge in [0.25, 0.3) is 0 Å². The maximum atomic E-state index is 13.9. The molecule has 2 aliphatic rings. The quantitative estimate of drug-likeness (QED) is 0.270. The Morgan fingerprint density at radius 3 is 1.80 bits per heavy atom. The number of alkyl halides is 6. The lowest BCUT2D eigenvalue weighted by Crippen LogP contribution is -2.42. The van der Waals surface area contributed by atoms with Crippen LogP contribution >= 0.6 is 0 Å². The van der Waals surface area contributed by atoms with Crippen LogP contribution in [-0.2, 0) is 27.4 Å². The predicted octanol–water partition coefficient (Wildman–Crippen LogP) is 8.63. The van der Waals surface area contributed by atoms with Crippen LogP contribution in [0, 0.1) is 12.8 Å². The number of carboxylic acid groups (broad SMARTS) is 1. The molecular weight excluding hydrogens is 616 g/mol. The van der Waals surface area contributed by atoms with Gasteiger partial charge in [-0.1, -0.05) is 43.5 Å². The van der Waals surface area contributed by atoms with E-state index in [4.69, 9.17) is 0 Å². The molecule has 2 aliphatic carbocycles. The molecular formula is C33H33F6N3O4. The summed E-state index contributed by atoms with van der Waals surface area (Å²) in [6, 6.07) is 9.18. The van der Waals surface area contributed by atoms with Gasteiger partial charge in [-0.15, -0.1) is 0 Å². The molecule has 2 fully saturated rings. The molecule has 13 heteroatoms. The molecule has 0 unspecified atom stereocenters. The Bertz CT molecular complexity index is 1610. The minimum absolute atomic E-state index is 0.0101. The summed E-state index contributed by atoms with van der Waals surface area (Å²) in [5.41, 5.74) is -3.94. The summed E-state index contributed by atoms with van der Waals surface area (Å²) in [5, 5.41) is 9.79. The SMILES string of the molecule is C1CC1.Cc1ccccc1-c1cc(N(C(=O)O)C(=O)C2CC2)ncc1N(C)C(=O)C(C)(C)c1cc(C(F)(F)F)cc(C(F)(F)F)c1. The van der Waals surface area contributed by atoms with Crippen molar-refractivity contribution < 1.29 is 45.8 Å². The molecule has 0 aliphatic heterocycles. The van der Waals surface area contributed by atoms with Crippen molar-refractivity contribution >= 4 is 29.4 Å². The number of imide groups is 1. The number of anilines is 2. The molecule has 1 N–H and O–H groups in total. The fourth-order valence-electron chi connectivity index (χ4n) is 4.70. The number of hydrogen-bond donors (Lipinski definition) is 1. The molecule has 7 nitrogen and oxygen atoms in total. The van der Waals surface area contributed by atoms with Gasteiger partial charge < -0.3 is 10.0 Å². The molecule has 0 bridgehead atoms. The monoisotopic (exact) mass is 649 g/mol. The Morgan fingerprint density at radius 1 is 0.826 bits per heavy atom. The Morgan fingerprint density at radius 2 is 1.35 bits per heavy atom. The minimum atomic E-state index is -5.10. The molecule has 46 heavy (non-hydrogen) atoms. The van der Waals surface area contributed by atoms with Gasteiger partial charge >= 0.3 is 18.4 Å². The molecule has 2 aromatic carbocycles. The molecule has 0 saturated heterocycles. The van der Waals surface area contributed by atoms with E-state index in [1.165, 1.54) is 46.2 Å². The number of aryl methyl sites for hydroxylation is 1. The molecule has 3 amide bonds. The summed E-state index contributed by atoms with van der Waals surface area (Å²) in [6.07, 6.45) is -5.05. The standard InChI is InChI=1S/C30H27F6N3O4.C3H6/c1-16-7-5-6-8-21(16)22-14-24(39(27(42)43)25(40)17-9-10-17)37-15-23(22)38(4)26(41)28(2,3)18-11-19(29(31,32)33)13-20(12-18)30(34,35)36;1-2-3-1/h5-8,11-15,17H,9-10H2,1-4H3,(H,42,43);1-3H2. The van der Waals surface area contributed by atoms with E-state index in [0.29, 0.717) is 41.0 Å². The molecule has 5 rings (SSSR count). The highest BCUT2D eigenvalue weighted by atomic mass is 19.4. The third-order valence-corrected chi connectivity index (χ3v) is 7.73. The van der Waals surface area contributed by atoms with Crippen LogP contribution in [0.3, 0.4) is 0 Å². The number of hydrogen-bond acceptors (Lipinski definition) is 4. The average molecular weight is 650 g/mol. The Hall–Kier alpha value is -4.42. The van der Waals surface area contributed by atoms with Gasteiger partial charge in [-0.2, -0.15) is 31.2 Å². The molecule has 2 saturated carbocycles. The van der Waals surface area contributed by atoms with Crippen LogP contribution in [0.15, 0.2) is 54.7 Å². The van der Waals surface area contributed by atoms with Crippen molar-refractivity contribution in [3.8, 4) is 11.1 Å². The molecule has 1 heterocycles. The number of carbonyl (C=O) groups excluding carboxylic acids is 2. The topological polar surface area (TPSA) is 90.8 Å². The molecule has 0 spiro atoms. The van der Waals surface area contributed by atoms with Crippen molar-refractivity contribution in [1.29, 1.82) is 0 Å². The van der Waals surface area contributed by atoms with Crippen molar-refractivity contribution in [2.45, 2.75) is 70.6 Å². The summed E-state index contributed by atoms with van der Waals surface area (Å²) in [6.45, 7) is 4.16. The minimum Gasteiger partial charge on any atom is -0.464 e. The van der Waals surface area contributed by atoms with Crippen LogP contribution in [0.25, 0.3) is 11.1 Å². The lowest BCUT2D eigenvalue weighted by Gasteiger charge is -2.32. The zero-order valence-electron chi connectivity index (χ0n) is 25.6. The van der Waals surface area contributed by atoms with E-state index in [9.17, 15) is 45.8 Å². The van der Waals surface area contributed by atoms with E-state index >= 15 is 0 Å². The number of benzene rings is 2. The number of aromatic nitrogens is 1. The zero-order valence-corrected chi connectivity index (χ0v) is 25.6. The van der Waals surface area contributed by atoms with Crippen molar-refractivity contribution in [3.63, 3.8) is 0 Å². The van der Waals surface area contributed by atoms with E-state index < -0.39 is 58.3 Å². The number of carbonyl (C=O) groups is 3. The van der Waals surface area contributed by atoms with Gasteiger partial charge in [0.15, 0.2) is 0 Å². The lowest BCUT2D eigenvalue weighted by atomic mass is 9.81. The van der Waals surface area contributed by atoms with Crippen LogP contribution < -0.4 is 9.80 Å². The van der Waals surface area contributed by atoms with Gasteiger partial charge in [-0.3, -0.25) is 9.59 Å². The fraction of sp³-hybridized carbons (Fsp3) is 0.394. The number of pyridine rings is 1. The summed E-state index contributed by atoms with van der Waals surface area (Å²) < 4.78 is 81.3. The second-order valence-corrected chi connectivity index (χ2v) is 11.9. The Balaban J connectivity index is 0.00000151. The van der Waals surface area contributed by atoms with Gasteiger partial charge in [-0.25, -0.2) is 9.78 Å². The van der Waals surface area contributed by atoms with Crippen molar-refractivity contribution in [1.82, 2.24) is 4.98 Å². The molecule has 3 aromatic rings. The van der Waals surface area contributed by atoms with E-state index in [-0.39, 0.29) is 23.1 Å². The number of likely N-dealkylation sites (N-methyl/N-ethyl adjacent to an activating group) is 1. The first-order valence-corrected chi connectivity index (χ1v) is 14.5. The number of rotatable bonds is 6. The van der Waals surface area contributed by atoms with Crippen molar-refractivity contribution in [3.05, 3.63) is 77.0 Å². The van der Waals surface area contributed by atoms with Gasteiger partial charge in [0.05, 0.1) is 28.4 Å². The highest BCUT2D eigenvalue weighted by molar-refractivity contribution is 6.13. The average Bonchev–Trinajstić information content (AvgIpc) is 3.88. The first-order chi connectivity index (χ1) is 21.3. The molecule has 1 aromatic heterocycles. The fourth-order valence-corrected chi connectivity index (χ4v) is 4.70. The first kappa shape index (κ1) is 34.5. The summed E-state index contributed by atoms with van der Waals surface area (Å²) >= 11 is 0. The highest BCUT2D eigenvalue weighted by Gasteiger charge is 2.42. The lowest BCUT2D eigenvalue weighted by molar-refractivity contribution is -0.143. The first-order valence-electron chi connectivity index (χ1n) is 14.5. The van der Waals surface area contributed by atoms with Gasteiger partial charge in [0.2, 0.25) is 11.8 Å². The van der Waals surface area contributed by atoms with Crippen molar-refractivity contribution in [2.75, 3.05) is 16.8 Å². The second kappa shape index (κ2) is 12.8. The largest absolute Gasteiger partial charge is 0.464 e. The van der Waals surface area contributed by atoms with E-state index in [0.717, 1.165) is 11.1 Å². The maximum absolute atomic E-state index is 13.9. The smallest absolute Gasteiger partial charge is 0.420 e. The van der Waals surface area contributed by atoms with Crippen LogP contribution in [0.2, 0.25) is 0 Å². The van der Waals surface area contributed by atoms with Crippen LogP contribution in [0.1, 0.15) is 68.2 Å². The number of halogens is 6. The predicted molar refractivity (Wildman–Crippen MR) is 159 cm³/mol. The summed E-state index contributed by atoms with van der Waals surface area (Å²) in [7, 11) is 1.28. The summed E-state index contributed by atoms with van der Waals surface area (Å²) in [4.78, 5) is 44.4. The van der Waals surface area contributed by atoms with E-state index in [2.05, 4.69) is 4.98 Å². The second-order valence-electron chi connectivity index (χ2n) is 11.9. The van der Waals surface area contributed by atoms with Gasteiger partial charge in [-0.05, 0) is 74.6 Å². The third-order valence-electron chi connectivity index (χ3n) is 7.73. The van der Waals surface area contributed by atoms with Gasteiger partial charge in [0, 0.05) is 18.5 Å². The van der Waals surface area contributed by atoms with Gasteiger partial charge in [0.1, 0.15) is 5.82 Å². The van der Waals surface area contributed by atoms with E-state index in [1.54, 1.807) is 31.2 Å². The van der Waals surface area contributed by atoms with Crippen LogP contribution in [0.5, 0.6) is 0 Å². The van der Waals surface area contributed by atoms with E-state index in [1.807, 2.05) is 0 Å². The molecule has 0 atom stereocenters. The Labute approximate surface area is 261 Å². The van der Waals surface area contributed by atoms with Crippen LogP contribution in [0.4, 0.5) is 42.6 Å². The highest BCUT2D eigenvalue weighted by Crippen LogP contribution is 2.42. The number of amides is 3. The normalized spacial score (nSPS) is 14.6. The third kappa shape index (κ3) is 7.68. The summed E-state index contributed by atoms with van der Waals surface area (Å²) in [5.74, 6) is -2.20. The molecule has 0 radical (unpaired) electrons. The Kier molecular flexibility index (Phi) is 9.56. The van der Waals surface area contributed by atoms with Crippen molar-refractivity contribution in [2.24, 2.45) is 5.92 Å². The zero-order chi connectivity index (χ0) is 34.2. The molecule has 246 valence electrons.